The Bertz CT molecular complexity index is 1010. The van der Waals surface area contributed by atoms with Crippen molar-refractivity contribution >= 4 is 17.0 Å². The van der Waals surface area contributed by atoms with Gasteiger partial charge >= 0.3 is 0 Å². The van der Waals surface area contributed by atoms with Crippen LogP contribution in [0.5, 0.6) is 5.75 Å². The molecule has 0 spiro atoms. The van der Waals surface area contributed by atoms with Gasteiger partial charge in [-0.2, -0.15) is 0 Å². The van der Waals surface area contributed by atoms with E-state index in [0.717, 1.165) is 28.2 Å². The zero-order valence-corrected chi connectivity index (χ0v) is 14.4. The van der Waals surface area contributed by atoms with Crippen LogP contribution in [0.3, 0.4) is 0 Å². The number of imidazole rings is 1. The number of nitrogens with zero attached hydrogens (tertiary/aromatic N) is 3. The highest BCUT2D eigenvalue weighted by molar-refractivity contribution is 5.81. The van der Waals surface area contributed by atoms with Gasteiger partial charge in [-0.1, -0.05) is 48.0 Å². The largest absolute Gasteiger partial charge is 0.489 e. The van der Waals surface area contributed by atoms with Gasteiger partial charge in [-0.15, -0.1) is 0 Å². The van der Waals surface area contributed by atoms with Crippen molar-refractivity contribution in [3.63, 3.8) is 0 Å². The third-order valence-electron chi connectivity index (χ3n) is 4.12. The fourth-order valence-electron chi connectivity index (χ4n) is 2.80. The summed E-state index contributed by atoms with van der Waals surface area (Å²) in [7, 11) is 0. The molecule has 0 aliphatic rings. The van der Waals surface area contributed by atoms with Crippen LogP contribution >= 0.6 is 0 Å². The zero-order valence-electron chi connectivity index (χ0n) is 14.4. The van der Waals surface area contributed by atoms with E-state index >= 15 is 0 Å². The summed E-state index contributed by atoms with van der Waals surface area (Å²) in [6.07, 6.45) is 3.13. The van der Waals surface area contributed by atoms with Gasteiger partial charge in [0.1, 0.15) is 24.2 Å². The molecule has 2 aromatic carbocycles. The predicted molar refractivity (Wildman–Crippen MR) is 101 cm³/mol. The molecule has 26 heavy (non-hydrogen) atoms. The number of aryl methyl sites for hydroxylation is 1. The average Bonchev–Trinajstić information content (AvgIpc) is 3.16. The third-order valence-corrected chi connectivity index (χ3v) is 4.12. The summed E-state index contributed by atoms with van der Waals surface area (Å²) < 4.78 is 6.05. The van der Waals surface area contributed by atoms with E-state index in [1.54, 1.807) is 6.33 Å². The molecule has 6 nitrogen and oxygen atoms in total. The molecule has 0 saturated heterocycles. The lowest BCUT2D eigenvalue weighted by Crippen LogP contribution is -2.06. The molecule has 4 rings (SSSR count). The summed E-state index contributed by atoms with van der Waals surface area (Å²) >= 11 is 0. The first-order chi connectivity index (χ1) is 12.8. The van der Waals surface area contributed by atoms with Gasteiger partial charge in [0.25, 0.3) is 0 Å². The number of rotatable bonds is 6. The maximum absolute atomic E-state index is 6.05. The smallest absolute Gasteiger partial charge is 0.182 e. The number of nitrogens with one attached hydrogen (secondary N) is 2. The van der Waals surface area contributed by atoms with Crippen LogP contribution in [0.2, 0.25) is 0 Å². The Kier molecular flexibility index (Phi) is 4.47. The van der Waals surface area contributed by atoms with E-state index in [4.69, 9.17) is 4.74 Å². The number of aromatic amines is 1. The van der Waals surface area contributed by atoms with Crippen LogP contribution < -0.4 is 10.1 Å². The van der Waals surface area contributed by atoms with E-state index in [1.165, 1.54) is 11.9 Å². The highest BCUT2D eigenvalue weighted by Gasteiger charge is 2.09. The number of anilines is 1. The Morgan fingerprint density at radius 3 is 2.81 bits per heavy atom. The number of fused-ring (bicyclic) bond motifs is 1. The van der Waals surface area contributed by atoms with Gasteiger partial charge in [0.15, 0.2) is 11.5 Å². The van der Waals surface area contributed by atoms with Gasteiger partial charge in [0.05, 0.1) is 6.33 Å². The van der Waals surface area contributed by atoms with E-state index < -0.39 is 0 Å². The summed E-state index contributed by atoms with van der Waals surface area (Å²) in [6.45, 7) is 3.20. The van der Waals surface area contributed by atoms with Crippen LogP contribution in [0.25, 0.3) is 11.2 Å². The molecule has 0 radical (unpaired) electrons. The second-order valence-corrected chi connectivity index (χ2v) is 6.06. The Hall–Kier alpha value is -3.41. The highest BCUT2D eigenvalue weighted by atomic mass is 16.5. The Morgan fingerprint density at radius 1 is 1.04 bits per heavy atom. The predicted octanol–water partition coefficient (Wildman–Crippen LogP) is 3.85. The minimum absolute atomic E-state index is 0.537. The summed E-state index contributed by atoms with van der Waals surface area (Å²) in [4.78, 5) is 15.7. The molecule has 0 aliphatic heterocycles. The zero-order chi connectivity index (χ0) is 17.8. The van der Waals surface area contributed by atoms with Crippen molar-refractivity contribution in [3.05, 3.63) is 77.9 Å². The second-order valence-electron chi connectivity index (χ2n) is 6.06. The van der Waals surface area contributed by atoms with E-state index in [-0.39, 0.29) is 0 Å². The van der Waals surface area contributed by atoms with Crippen molar-refractivity contribution in [3.8, 4) is 5.75 Å². The summed E-state index contributed by atoms with van der Waals surface area (Å²) in [5.74, 6) is 1.59. The molecule has 0 amide bonds. The van der Waals surface area contributed by atoms with Crippen LogP contribution in [0.15, 0.2) is 61.2 Å². The second kappa shape index (κ2) is 7.23. The number of H-pyrrole nitrogens is 1. The number of ether oxygens (including phenoxy) is 1. The number of benzene rings is 2. The Labute approximate surface area is 151 Å². The Balaban J connectivity index is 1.52. The minimum Gasteiger partial charge on any atom is -0.489 e. The molecule has 2 aromatic heterocycles. The number of aromatic nitrogens is 4. The van der Waals surface area contributed by atoms with Crippen molar-refractivity contribution in [1.82, 2.24) is 19.9 Å². The molecule has 0 fully saturated rings. The van der Waals surface area contributed by atoms with E-state index in [9.17, 15) is 0 Å². The van der Waals surface area contributed by atoms with Crippen molar-refractivity contribution in [2.24, 2.45) is 0 Å². The van der Waals surface area contributed by atoms with Gasteiger partial charge in [-0.05, 0) is 18.6 Å². The molecule has 0 atom stereocenters. The van der Waals surface area contributed by atoms with Crippen molar-refractivity contribution in [1.29, 1.82) is 0 Å². The maximum Gasteiger partial charge on any atom is 0.182 e. The van der Waals surface area contributed by atoms with Gasteiger partial charge < -0.3 is 15.0 Å². The van der Waals surface area contributed by atoms with Crippen molar-refractivity contribution in [2.45, 2.75) is 20.1 Å². The van der Waals surface area contributed by atoms with Crippen molar-refractivity contribution in [2.75, 3.05) is 5.32 Å². The molecule has 0 aliphatic carbocycles. The number of hydrogen-bond donors (Lipinski definition) is 2. The van der Waals surface area contributed by atoms with Crippen molar-refractivity contribution < 1.29 is 4.74 Å². The summed E-state index contributed by atoms with van der Waals surface area (Å²) in [6, 6.07) is 16.3. The lowest BCUT2D eigenvalue weighted by molar-refractivity contribution is 0.303. The Morgan fingerprint density at radius 2 is 1.92 bits per heavy atom. The molecule has 2 heterocycles. The lowest BCUT2D eigenvalue weighted by atomic mass is 10.1. The normalized spacial score (nSPS) is 10.8. The molecule has 0 unspecified atom stereocenters. The quantitative estimate of drug-likeness (QED) is 0.555. The van der Waals surface area contributed by atoms with E-state index in [2.05, 4.69) is 56.4 Å². The first-order valence-corrected chi connectivity index (χ1v) is 8.44. The fourth-order valence-corrected chi connectivity index (χ4v) is 2.80. The van der Waals surface area contributed by atoms with E-state index in [1.807, 2.05) is 24.3 Å². The molecule has 130 valence electrons. The maximum atomic E-state index is 6.05. The fraction of sp³-hybridized carbons (Fsp3) is 0.150. The average molecular weight is 345 g/mol. The van der Waals surface area contributed by atoms with Gasteiger partial charge in [-0.3, -0.25) is 0 Å². The molecule has 2 N–H and O–H groups in total. The topological polar surface area (TPSA) is 75.7 Å². The molecule has 0 saturated carbocycles. The monoisotopic (exact) mass is 345 g/mol. The van der Waals surface area contributed by atoms with Gasteiger partial charge in [0.2, 0.25) is 0 Å². The molecular formula is C20H19N5O. The SMILES string of the molecule is Cc1ccc(OCc2ccccc2)c(CNc2ncnc3nc[nH]c23)c1. The van der Waals surface area contributed by atoms with Crippen LogP contribution in [-0.2, 0) is 13.2 Å². The summed E-state index contributed by atoms with van der Waals surface area (Å²) in [5, 5.41) is 3.35. The molecule has 6 heteroatoms. The molecule has 4 aromatic rings. The lowest BCUT2D eigenvalue weighted by Gasteiger charge is -2.14. The standard InChI is InChI=1S/C20H19N5O/c1-14-7-8-17(26-11-15-5-3-2-4-6-15)16(9-14)10-21-19-18-20(23-12-22-18)25-13-24-19/h2-9,12-13H,10-11H2,1H3,(H2,21,22,23,24,25). The minimum atomic E-state index is 0.537. The molecular weight excluding hydrogens is 326 g/mol. The van der Waals surface area contributed by atoms with Crippen LogP contribution in [-0.4, -0.2) is 19.9 Å². The van der Waals surface area contributed by atoms with Crippen LogP contribution in [0, 0.1) is 6.92 Å². The summed E-state index contributed by atoms with van der Waals surface area (Å²) in [5.41, 5.74) is 4.84. The third kappa shape index (κ3) is 3.49. The first kappa shape index (κ1) is 16.1. The highest BCUT2D eigenvalue weighted by Crippen LogP contribution is 2.23. The number of hydrogen-bond acceptors (Lipinski definition) is 5. The molecule has 0 bridgehead atoms. The van der Waals surface area contributed by atoms with Crippen LogP contribution in [0.4, 0.5) is 5.82 Å². The first-order valence-electron chi connectivity index (χ1n) is 8.44. The van der Waals surface area contributed by atoms with E-state index in [0.29, 0.717) is 18.8 Å². The van der Waals surface area contributed by atoms with Gasteiger partial charge in [-0.25, -0.2) is 15.0 Å². The van der Waals surface area contributed by atoms with Crippen LogP contribution in [0.1, 0.15) is 16.7 Å². The van der Waals surface area contributed by atoms with Gasteiger partial charge in [0, 0.05) is 12.1 Å².